The topological polar surface area (TPSA) is 93.9 Å². The Morgan fingerprint density at radius 1 is 0.967 bits per heavy atom. The number of para-hydroxylation sites is 2. The first-order valence-electron chi connectivity index (χ1n) is 9.45. The lowest BCUT2D eigenvalue weighted by Crippen LogP contribution is -2.43. The van der Waals surface area contributed by atoms with Gasteiger partial charge in [-0.1, -0.05) is 24.3 Å². The second-order valence-electron chi connectivity index (χ2n) is 6.91. The average molecular weight is 403 g/mol. The quantitative estimate of drug-likeness (QED) is 0.522. The van der Waals surface area contributed by atoms with E-state index in [2.05, 4.69) is 5.32 Å². The Hall–Kier alpha value is -4.07. The minimum absolute atomic E-state index is 0.0651. The molecule has 0 saturated carbocycles. The number of fused-ring (bicyclic) bond motifs is 2. The van der Waals surface area contributed by atoms with Crippen LogP contribution in [0.5, 0.6) is 11.5 Å². The number of hydrogen-bond donors (Lipinski definition) is 1. The van der Waals surface area contributed by atoms with E-state index in [0.717, 1.165) is 0 Å². The maximum absolute atomic E-state index is 13.5. The molecule has 2 aliphatic heterocycles. The van der Waals surface area contributed by atoms with Gasteiger partial charge in [0.2, 0.25) is 0 Å². The van der Waals surface area contributed by atoms with Gasteiger partial charge in [0.1, 0.15) is 19.4 Å². The Morgan fingerprint density at radius 3 is 2.53 bits per heavy atom. The fraction of sp³-hybridized carbons (Fsp3) is 0.136. The molecule has 1 atom stereocenters. The molecule has 0 bridgehead atoms. The molecular formula is C22H17N3O5. The van der Waals surface area contributed by atoms with Gasteiger partial charge in [0.15, 0.2) is 11.5 Å². The Kier molecular flexibility index (Phi) is 4.24. The van der Waals surface area contributed by atoms with E-state index in [0.29, 0.717) is 47.2 Å². The Balaban J connectivity index is 1.68. The summed E-state index contributed by atoms with van der Waals surface area (Å²) in [4.78, 5) is 26.2. The SMILES string of the molecule is O=C1c2ccccc2NC(c2ccccc2[N+](=O)[O-])N1c1ccc2c(c1)OCCO2. The lowest BCUT2D eigenvalue weighted by atomic mass is 10.0. The zero-order valence-corrected chi connectivity index (χ0v) is 15.8. The lowest BCUT2D eigenvalue weighted by Gasteiger charge is -2.38. The molecule has 30 heavy (non-hydrogen) atoms. The summed E-state index contributed by atoms with van der Waals surface area (Å²) in [5, 5.41) is 15.0. The van der Waals surface area contributed by atoms with E-state index < -0.39 is 11.1 Å². The maximum Gasteiger partial charge on any atom is 0.276 e. The highest BCUT2D eigenvalue weighted by molar-refractivity contribution is 6.12. The van der Waals surface area contributed by atoms with E-state index in [1.165, 1.54) is 11.0 Å². The maximum atomic E-state index is 13.5. The zero-order chi connectivity index (χ0) is 20.7. The molecule has 2 aliphatic rings. The van der Waals surface area contributed by atoms with E-state index in [1.54, 1.807) is 54.6 Å². The van der Waals surface area contributed by atoms with Crippen LogP contribution in [0.3, 0.4) is 0 Å². The zero-order valence-electron chi connectivity index (χ0n) is 15.8. The van der Waals surface area contributed by atoms with E-state index in [9.17, 15) is 14.9 Å². The van der Waals surface area contributed by atoms with E-state index in [-0.39, 0.29) is 11.6 Å². The number of hydrogen-bond acceptors (Lipinski definition) is 6. The summed E-state index contributed by atoms with van der Waals surface area (Å²) in [6.45, 7) is 0.877. The number of nitro groups is 1. The van der Waals surface area contributed by atoms with Gasteiger partial charge >= 0.3 is 0 Å². The smallest absolute Gasteiger partial charge is 0.276 e. The number of carbonyl (C=O) groups is 1. The molecule has 1 N–H and O–H groups in total. The lowest BCUT2D eigenvalue weighted by molar-refractivity contribution is -0.385. The first kappa shape index (κ1) is 18.0. The molecule has 0 saturated heterocycles. The third-order valence-electron chi connectivity index (χ3n) is 5.16. The van der Waals surface area contributed by atoms with Crippen molar-refractivity contribution in [1.29, 1.82) is 0 Å². The van der Waals surface area contributed by atoms with Crippen LogP contribution in [0.25, 0.3) is 0 Å². The number of anilines is 2. The Labute approximate surface area is 171 Å². The first-order valence-corrected chi connectivity index (χ1v) is 9.45. The third kappa shape index (κ3) is 2.89. The Morgan fingerprint density at radius 2 is 1.70 bits per heavy atom. The average Bonchev–Trinajstić information content (AvgIpc) is 2.78. The second-order valence-corrected chi connectivity index (χ2v) is 6.91. The standard InChI is InChI=1S/C22H17N3O5/c26-22-15-5-1-3-7-17(15)23-21(16-6-2-4-8-18(16)25(27)28)24(22)14-9-10-19-20(13-14)30-12-11-29-19/h1-10,13,21,23H,11-12H2. The normalized spacial score (nSPS) is 17.1. The number of nitro benzene ring substituents is 1. The van der Waals surface area contributed by atoms with Crippen molar-refractivity contribution in [2.45, 2.75) is 6.17 Å². The van der Waals surface area contributed by atoms with Gasteiger partial charge in [-0.05, 0) is 30.3 Å². The van der Waals surface area contributed by atoms with Crippen molar-refractivity contribution in [3.05, 3.63) is 88.0 Å². The van der Waals surface area contributed by atoms with Crippen LogP contribution in [-0.4, -0.2) is 24.0 Å². The number of amides is 1. The first-order chi connectivity index (χ1) is 14.6. The molecule has 1 amide bonds. The molecule has 0 spiro atoms. The second kappa shape index (κ2) is 7.07. The summed E-state index contributed by atoms with van der Waals surface area (Å²) in [5.74, 6) is 0.876. The number of carbonyl (C=O) groups excluding carboxylic acids is 1. The van der Waals surface area contributed by atoms with Crippen molar-refractivity contribution in [2.24, 2.45) is 0 Å². The van der Waals surface area contributed by atoms with Crippen molar-refractivity contribution in [2.75, 3.05) is 23.4 Å². The predicted octanol–water partition coefficient (Wildman–Crippen LogP) is 4.14. The van der Waals surface area contributed by atoms with Crippen molar-refractivity contribution >= 4 is 23.0 Å². The van der Waals surface area contributed by atoms with E-state index in [4.69, 9.17) is 9.47 Å². The van der Waals surface area contributed by atoms with Crippen LogP contribution < -0.4 is 19.7 Å². The highest BCUT2D eigenvalue weighted by atomic mass is 16.6. The number of nitrogens with one attached hydrogen (secondary N) is 1. The highest BCUT2D eigenvalue weighted by Crippen LogP contribution is 2.42. The van der Waals surface area contributed by atoms with Crippen molar-refractivity contribution < 1.29 is 19.2 Å². The van der Waals surface area contributed by atoms with Gasteiger partial charge in [-0.3, -0.25) is 19.8 Å². The van der Waals surface area contributed by atoms with E-state index in [1.807, 2.05) is 6.07 Å². The van der Waals surface area contributed by atoms with Crippen LogP contribution in [0.4, 0.5) is 17.1 Å². The van der Waals surface area contributed by atoms with Gasteiger partial charge in [-0.25, -0.2) is 0 Å². The van der Waals surface area contributed by atoms with Crippen LogP contribution in [0.15, 0.2) is 66.7 Å². The van der Waals surface area contributed by atoms with Gasteiger partial charge in [-0.15, -0.1) is 0 Å². The minimum atomic E-state index is -0.767. The van der Waals surface area contributed by atoms with Gasteiger partial charge in [-0.2, -0.15) is 0 Å². The van der Waals surface area contributed by atoms with Gasteiger partial charge in [0.25, 0.3) is 11.6 Å². The Bertz CT molecular complexity index is 1160. The molecule has 2 heterocycles. The largest absolute Gasteiger partial charge is 0.486 e. The minimum Gasteiger partial charge on any atom is -0.486 e. The monoisotopic (exact) mass is 403 g/mol. The van der Waals surface area contributed by atoms with Gasteiger partial charge in [0.05, 0.1) is 21.7 Å². The van der Waals surface area contributed by atoms with Crippen LogP contribution >= 0.6 is 0 Å². The summed E-state index contributed by atoms with van der Waals surface area (Å²) >= 11 is 0. The fourth-order valence-corrected chi connectivity index (χ4v) is 3.80. The summed E-state index contributed by atoms with van der Waals surface area (Å²) in [6, 6.07) is 18.8. The molecule has 1 unspecified atom stereocenters. The van der Waals surface area contributed by atoms with Crippen molar-refractivity contribution in [3.8, 4) is 11.5 Å². The summed E-state index contributed by atoms with van der Waals surface area (Å²) in [5.41, 5.74) is 1.99. The molecule has 0 fully saturated rings. The fourth-order valence-electron chi connectivity index (χ4n) is 3.80. The molecule has 0 radical (unpaired) electrons. The van der Waals surface area contributed by atoms with Crippen LogP contribution in [0.1, 0.15) is 22.1 Å². The predicted molar refractivity (Wildman–Crippen MR) is 110 cm³/mol. The summed E-state index contributed by atoms with van der Waals surface area (Å²) in [6.07, 6.45) is -0.767. The van der Waals surface area contributed by atoms with Crippen molar-refractivity contribution in [1.82, 2.24) is 0 Å². The molecule has 0 aromatic heterocycles. The number of nitrogens with zero attached hydrogens (tertiary/aromatic N) is 2. The highest BCUT2D eigenvalue weighted by Gasteiger charge is 2.37. The number of benzene rings is 3. The molecule has 3 aromatic rings. The molecule has 0 aliphatic carbocycles. The van der Waals surface area contributed by atoms with E-state index >= 15 is 0 Å². The molecule has 8 heteroatoms. The van der Waals surface area contributed by atoms with Crippen LogP contribution in [-0.2, 0) is 0 Å². The summed E-state index contributed by atoms with van der Waals surface area (Å²) in [7, 11) is 0. The summed E-state index contributed by atoms with van der Waals surface area (Å²) < 4.78 is 11.2. The molecule has 3 aromatic carbocycles. The van der Waals surface area contributed by atoms with Crippen LogP contribution in [0.2, 0.25) is 0 Å². The molecule has 8 nitrogen and oxygen atoms in total. The van der Waals surface area contributed by atoms with Crippen LogP contribution in [0, 0.1) is 10.1 Å². The molecule has 5 rings (SSSR count). The third-order valence-corrected chi connectivity index (χ3v) is 5.16. The molecular weight excluding hydrogens is 386 g/mol. The number of rotatable bonds is 3. The molecule has 150 valence electrons. The van der Waals surface area contributed by atoms with Gasteiger partial charge in [0, 0.05) is 17.8 Å². The number of ether oxygens (including phenoxy) is 2. The van der Waals surface area contributed by atoms with Gasteiger partial charge < -0.3 is 14.8 Å². The van der Waals surface area contributed by atoms with Crippen molar-refractivity contribution in [3.63, 3.8) is 0 Å².